The van der Waals surface area contributed by atoms with Crippen LogP contribution in [0.15, 0.2) is 24.3 Å². The molecule has 0 saturated carbocycles. The van der Waals surface area contributed by atoms with Crippen molar-refractivity contribution in [1.29, 1.82) is 0 Å². The summed E-state index contributed by atoms with van der Waals surface area (Å²) in [6.45, 7) is 22.9. The van der Waals surface area contributed by atoms with Crippen LogP contribution < -0.4 is 4.74 Å². The molecule has 0 aliphatic heterocycles. The highest BCUT2D eigenvalue weighted by Crippen LogP contribution is 2.38. The first-order valence-corrected chi connectivity index (χ1v) is 12.9. The topological polar surface area (TPSA) is 69.9 Å². The number of aromatic hydroxyl groups is 1. The molecule has 2 rings (SSSR count). The van der Waals surface area contributed by atoms with Gasteiger partial charge in [-0.05, 0) is 62.3 Å². The number of benzene rings is 2. The van der Waals surface area contributed by atoms with Gasteiger partial charge in [0.05, 0.1) is 0 Å². The van der Waals surface area contributed by atoms with Gasteiger partial charge in [-0.2, -0.15) is 12.6 Å². The first-order chi connectivity index (χ1) is 15.6. The number of phenolic OH excluding ortho intramolecular Hbond substituents is 1. The van der Waals surface area contributed by atoms with Crippen LogP contribution in [0.3, 0.4) is 0 Å². The second-order valence-electron chi connectivity index (χ2n) is 10.6. The van der Waals surface area contributed by atoms with E-state index in [1.165, 1.54) is 0 Å². The maximum Gasteiger partial charge on any atom is 0.130 e. The molecule has 0 radical (unpaired) electrons. The molecule has 2 aromatic rings. The molecule has 0 fully saturated rings. The molecule has 0 heterocycles. The maximum absolute atomic E-state index is 10.2. The first-order valence-electron chi connectivity index (χ1n) is 12.4. The summed E-state index contributed by atoms with van der Waals surface area (Å²) in [6.07, 6.45) is 1.49. The fourth-order valence-corrected chi connectivity index (χ4v) is 2.57. The number of phenols is 1. The van der Waals surface area contributed by atoms with Crippen molar-refractivity contribution in [2.24, 2.45) is 11.8 Å². The van der Waals surface area contributed by atoms with Crippen molar-refractivity contribution in [3.8, 4) is 11.5 Å². The molecule has 0 unspecified atom stereocenters. The minimum Gasteiger partial charge on any atom is -0.507 e. The highest BCUT2D eigenvalue weighted by Gasteiger charge is 2.22. The predicted octanol–water partition coefficient (Wildman–Crippen LogP) is 7.71. The van der Waals surface area contributed by atoms with Gasteiger partial charge in [-0.3, -0.25) is 0 Å². The van der Waals surface area contributed by atoms with Crippen LogP contribution in [0, 0.1) is 25.7 Å². The third-order valence-corrected chi connectivity index (χ3v) is 4.32. The van der Waals surface area contributed by atoms with E-state index in [-0.39, 0.29) is 6.61 Å². The van der Waals surface area contributed by atoms with E-state index in [4.69, 9.17) is 14.9 Å². The van der Waals surface area contributed by atoms with E-state index >= 15 is 0 Å². The number of ether oxygens (including phenoxy) is 1. The van der Waals surface area contributed by atoms with E-state index in [2.05, 4.69) is 47.2 Å². The fourth-order valence-electron chi connectivity index (χ4n) is 2.57. The van der Waals surface area contributed by atoms with Crippen molar-refractivity contribution < 1.29 is 20.1 Å². The molecule has 0 aliphatic carbocycles. The molecule has 34 heavy (non-hydrogen) atoms. The zero-order valence-corrected chi connectivity index (χ0v) is 24.5. The van der Waals surface area contributed by atoms with Crippen LogP contribution in [0.25, 0.3) is 10.8 Å². The summed E-state index contributed by atoms with van der Waals surface area (Å²) in [5.41, 5.74) is 1.42. The number of aliphatic hydroxyl groups is 2. The van der Waals surface area contributed by atoms with E-state index in [9.17, 15) is 5.11 Å². The van der Waals surface area contributed by atoms with E-state index in [0.717, 1.165) is 40.0 Å². The number of hydrogen-bond donors (Lipinski definition) is 4. The van der Waals surface area contributed by atoms with Crippen molar-refractivity contribution in [3.63, 3.8) is 0 Å². The summed E-state index contributed by atoms with van der Waals surface area (Å²) in [5, 5.41) is 29.8. The molecule has 0 bridgehead atoms. The Labute approximate surface area is 215 Å². The largest absolute Gasteiger partial charge is 0.507 e. The van der Waals surface area contributed by atoms with Crippen LogP contribution in [-0.4, -0.2) is 39.4 Å². The SMILES string of the molecule is CC(C)C.CC(C)CCO.CC(C)S.Cc1ccc2c(OC(C)(C)CCO)c(C)ccc2c1O. The number of aliphatic hydroxyl groups excluding tert-OH is 2. The standard InChI is InChI=1S/C17H22O3.C5H12O.C4H10.C3H8S/c1-11-5-8-14-13(15(11)19)7-6-12(2)16(14)20-17(3,4)9-10-18;1-5(2)3-4-6;1-4(2)3;1-3(2)4/h5-8,18-19H,9-10H2,1-4H3;5-6H,3-4H2,1-2H3;4H,1-3H3;3-4H,1-2H3. The fraction of sp³-hybridized carbons (Fsp3) is 0.655. The third kappa shape index (κ3) is 16.2. The van der Waals surface area contributed by atoms with Gasteiger partial charge in [0.15, 0.2) is 0 Å². The summed E-state index contributed by atoms with van der Waals surface area (Å²) < 4.78 is 6.11. The van der Waals surface area contributed by atoms with Crippen LogP contribution in [0.2, 0.25) is 0 Å². The van der Waals surface area contributed by atoms with E-state index < -0.39 is 5.60 Å². The van der Waals surface area contributed by atoms with Crippen LogP contribution in [0.4, 0.5) is 0 Å². The van der Waals surface area contributed by atoms with E-state index in [1.807, 2.05) is 65.8 Å². The first kappa shape index (κ1) is 34.7. The lowest BCUT2D eigenvalue weighted by atomic mass is 10.0. The molecular weight excluding hydrogens is 444 g/mol. The zero-order chi connectivity index (χ0) is 27.1. The van der Waals surface area contributed by atoms with Gasteiger partial charge in [-0.1, -0.05) is 72.7 Å². The molecular formula is C29H52O4S. The molecule has 0 spiro atoms. The molecule has 0 amide bonds. The number of hydrogen-bond acceptors (Lipinski definition) is 5. The highest BCUT2D eigenvalue weighted by molar-refractivity contribution is 7.80. The Morgan fingerprint density at radius 3 is 1.65 bits per heavy atom. The Morgan fingerprint density at radius 2 is 1.26 bits per heavy atom. The molecule has 198 valence electrons. The molecule has 0 aromatic heterocycles. The minimum absolute atomic E-state index is 0.0845. The maximum atomic E-state index is 10.2. The smallest absolute Gasteiger partial charge is 0.130 e. The van der Waals surface area contributed by atoms with Crippen LogP contribution in [-0.2, 0) is 0 Å². The summed E-state index contributed by atoms with van der Waals surface area (Å²) in [6, 6.07) is 7.73. The number of thiol groups is 1. The van der Waals surface area contributed by atoms with Gasteiger partial charge in [0.2, 0.25) is 0 Å². The molecule has 2 aromatic carbocycles. The van der Waals surface area contributed by atoms with E-state index in [0.29, 0.717) is 29.9 Å². The van der Waals surface area contributed by atoms with Gasteiger partial charge in [-0.25, -0.2) is 0 Å². The van der Waals surface area contributed by atoms with Gasteiger partial charge < -0.3 is 20.1 Å². The van der Waals surface area contributed by atoms with Gasteiger partial charge in [0.25, 0.3) is 0 Å². The Kier molecular flexibility index (Phi) is 18.3. The van der Waals surface area contributed by atoms with Gasteiger partial charge in [-0.15, -0.1) is 0 Å². The Hall–Kier alpha value is -1.43. The highest BCUT2D eigenvalue weighted by atomic mass is 32.1. The average molecular weight is 497 g/mol. The zero-order valence-electron chi connectivity index (χ0n) is 23.6. The van der Waals surface area contributed by atoms with Gasteiger partial charge in [0, 0.05) is 30.4 Å². The molecule has 0 aliphatic rings. The Balaban J connectivity index is 0. The normalized spacial score (nSPS) is 10.9. The van der Waals surface area contributed by atoms with Crippen molar-refractivity contribution in [2.45, 2.75) is 99.9 Å². The Bertz CT molecular complexity index is 787. The lowest BCUT2D eigenvalue weighted by Crippen LogP contribution is -2.29. The van der Waals surface area contributed by atoms with Crippen molar-refractivity contribution in [2.75, 3.05) is 13.2 Å². The van der Waals surface area contributed by atoms with Crippen LogP contribution >= 0.6 is 12.6 Å². The van der Waals surface area contributed by atoms with Gasteiger partial charge >= 0.3 is 0 Å². The second kappa shape index (κ2) is 17.9. The summed E-state index contributed by atoms with van der Waals surface area (Å²) in [5.74, 6) is 2.55. The van der Waals surface area contributed by atoms with Crippen molar-refractivity contribution >= 4 is 23.4 Å². The molecule has 0 atom stereocenters. The number of rotatable bonds is 6. The molecule has 5 heteroatoms. The third-order valence-electron chi connectivity index (χ3n) is 4.32. The van der Waals surface area contributed by atoms with Crippen molar-refractivity contribution in [3.05, 3.63) is 35.4 Å². The lowest BCUT2D eigenvalue weighted by Gasteiger charge is -2.27. The van der Waals surface area contributed by atoms with Crippen molar-refractivity contribution in [1.82, 2.24) is 0 Å². The quantitative estimate of drug-likeness (QED) is 0.309. The Morgan fingerprint density at radius 1 is 0.824 bits per heavy atom. The second-order valence-corrected chi connectivity index (χ2v) is 11.6. The predicted molar refractivity (Wildman–Crippen MR) is 153 cm³/mol. The minimum atomic E-state index is -0.450. The van der Waals surface area contributed by atoms with Gasteiger partial charge in [0.1, 0.15) is 17.1 Å². The summed E-state index contributed by atoms with van der Waals surface area (Å²) in [4.78, 5) is 0. The summed E-state index contributed by atoms with van der Waals surface area (Å²) in [7, 11) is 0. The average Bonchev–Trinajstić information content (AvgIpc) is 2.66. The monoisotopic (exact) mass is 496 g/mol. The lowest BCUT2D eigenvalue weighted by molar-refractivity contribution is 0.0774. The number of aryl methyl sites for hydroxylation is 2. The van der Waals surface area contributed by atoms with Crippen LogP contribution in [0.5, 0.6) is 11.5 Å². The summed E-state index contributed by atoms with van der Waals surface area (Å²) >= 11 is 3.97. The van der Waals surface area contributed by atoms with E-state index in [1.54, 1.807) is 0 Å². The molecule has 0 saturated heterocycles. The molecule has 3 N–H and O–H groups in total. The number of fused-ring (bicyclic) bond motifs is 1. The molecule has 4 nitrogen and oxygen atoms in total. The van der Waals surface area contributed by atoms with Crippen LogP contribution in [0.1, 0.15) is 86.3 Å².